The molecule has 3 heteroatoms. The van der Waals surface area contributed by atoms with Crippen molar-refractivity contribution in [2.45, 2.75) is 6.92 Å². The van der Waals surface area contributed by atoms with Crippen LogP contribution in [-0.4, -0.2) is 0 Å². The third kappa shape index (κ3) is 1.81. The molecule has 82 valence electrons. The maximum atomic E-state index is 13.6. The molecule has 0 spiro atoms. The molecule has 0 aliphatic carbocycles. The maximum Gasteiger partial charge on any atom is 0.132 e. The van der Waals surface area contributed by atoms with Crippen molar-refractivity contribution in [3.63, 3.8) is 0 Å². The van der Waals surface area contributed by atoms with Crippen LogP contribution in [0.3, 0.4) is 0 Å². The van der Waals surface area contributed by atoms with Crippen LogP contribution >= 0.6 is 11.6 Å². The number of benzene rings is 2. The Balaban J connectivity index is 2.73. The molecule has 0 unspecified atom stereocenters. The van der Waals surface area contributed by atoms with Crippen LogP contribution in [0.2, 0.25) is 5.02 Å². The monoisotopic (exact) mass is 238 g/mol. The van der Waals surface area contributed by atoms with E-state index in [4.69, 9.17) is 11.6 Å². The van der Waals surface area contributed by atoms with Gasteiger partial charge in [0, 0.05) is 5.56 Å². The molecular weight excluding hydrogens is 230 g/mol. The molecule has 2 aromatic rings. The number of hydrogen-bond donors (Lipinski definition) is 0. The van der Waals surface area contributed by atoms with Crippen molar-refractivity contribution in [3.8, 4) is 11.1 Å². The first-order valence-corrected chi connectivity index (χ1v) is 5.18. The topological polar surface area (TPSA) is 0 Å². The van der Waals surface area contributed by atoms with E-state index in [0.717, 1.165) is 0 Å². The van der Waals surface area contributed by atoms with E-state index in [1.807, 2.05) is 0 Å². The van der Waals surface area contributed by atoms with Crippen LogP contribution in [0, 0.1) is 18.6 Å². The predicted molar refractivity (Wildman–Crippen MR) is 61.5 cm³/mol. The molecule has 0 aromatic heterocycles. The molecule has 0 heterocycles. The van der Waals surface area contributed by atoms with Gasteiger partial charge in [-0.25, -0.2) is 8.78 Å². The summed E-state index contributed by atoms with van der Waals surface area (Å²) in [7, 11) is 0. The average molecular weight is 239 g/mol. The Bertz CT molecular complexity index is 515. The molecule has 2 rings (SSSR count). The highest BCUT2D eigenvalue weighted by atomic mass is 35.5. The molecule has 0 aliphatic heterocycles. The van der Waals surface area contributed by atoms with Crippen molar-refractivity contribution in [1.82, 2.24) is 0 Å². The Labute approximate surface area is 97.5 Å². The average Bonchev–Trinajstić information content (AvgIpc) is 2.24. The fraction of sp³-hybridized carbons (Fsp3) is 0.0769. The van der Waals surface area contributed by atoms with E-state index >= 15 is 0 Å². The van der Waals surface area contributed by atoms with E-state index in [1.165, 1.54) is 18.2 Å². The van der Waals surface area contributed by atoms with E-state index in [9.17, 15) is 8.78 Å². The Morgan fingerprint density at radius 1 is 0.938 bits per heavy atom. The molecule has 0 fully saturated rings. The SMILES string of the molecule is Cc1c(F)cccc1-c1c(F)cccc1Cl. The summed E-state index contributed by atoms with van der Waals surface area (Å²) in [5.74, 6) is -0.807. The van der Waals surface area contributed by atoms with Gasteiger partial charge in [0.25, 0.3) is 0 Å². The van der Waals surface area contributed by atoms with Crippen molar-refractivity contribution in [2.75, 3.05) is 0 Å². The van der Waals surface area contributed by atoms with Gasteiger partial charge in [-0.3, -0.25) is 0 Å². The van der Waals surface area contributed by atoms with Gasteiger partial charge in [-0.2, -0.15) is 0 Å². The first-order valence-electron chi connectivity index (χ1n) is 4.80. The fourth-order valence-electron chi connectivity index (χ4n) is 1.63. The molecular formula is C13H9ClF2. The molecule has 0 amide bonds. The smallest absolute Gasteiger partial charge is 0.132 e. The Kier molecular flexibility index (Phi) is 2.92. The van der Waals surface area contributed by atoms with Gasteiger partial charge in [0.15, 0.2) is 0 Å². The van der Waals surface area contributed by atoms with E-state index in [-0.39, 0.29) is 16.4 Å². The van der Waals surface area contributed by atoms with Crippen LogP contribution in [0.5, 0.6) is 0 Å². The Morgan fingerprint density at radius 3 is 2.25 bits per heavy atom. The zero-order chi connectivity index (χ0) is 11.7. The van der Waals surface area contributed by atoms with Crippen molar-refractivity contribution < 1.29 is 8.78 Å². The van der Waals surface area contributed by atoms with Gasteiger partial charge in [0.05, 0.1) is 5.02 Å². The van der Waals surface area contributed by atoms with Gasteiger partial charge in [0.2, 0.25) is 0 Å². The highest BCUT2D eigenvalue weighted by Crippen LogP contribution is 2.33. The summed E-state index contributed by atoms with van der Waals surface area (Å²) in [6.07, 6.45) is 0. The number of rotatable bonds is 1. The maximum absolute atomic E-state index is 13.6. The molecule has 0 N–H and O–H groups in total. The lowest BCUT2D eigenvalue weighted by atomic mass is 10.00. The van der Waals surface area contributed by atoms with Crippen LogP contribution < -0.4 is 0 Å². The first-order chi connectivity index (χ1) is 7.61. The molecule has 0 radical (unpaired) electrons. The second-order valence-corrected chi connectivity index (χ2v) is 3.92. The Hall–Kier alpha value is -1.41. The molecule has 0 bridgehead atoms. The van der Waals surface area contributed by atoms with Crippen LogP contribution in [0.15, 0.2) is 36.4 Å². The van der Waals surface area contributed by atoms with E-state index in [1.54, 1.807) is 25.1 Å². The van der Waals surface area contributed by atoms with Crippen LogP contribution in [0.1, 0.15) is 5.56 Å². The van der Waals surface area contributed by atoms with Crippen molar-refractivity contribution in [3.05, 3.63) is 58.6 Å². The zero-order valence-corrected chi connectivity index (χ0v) is 9.35. The highest BCUT2D eigenvalue weighted by Gasteiger charge is 2.13. The predicted octanol–water partition coefficient (Wildman–Crippen LogP) is 4.59. The minimum Gasteiger partial charge on any atom is -0.207 e. The van der Waals surface area contributed by atoms with E-state index in [0.29, 0.717) is 11.1 Å². The molecule has 0 aliphatic rings. The van der Waals surface area contributed by atoms with E-state index < -0.39 is 5.82 Å². The molecule has 16 heavy (non-hydrogen) atoms. The third-order valence-electron chi connectivity index (χ3n) is 2.50. The lowest BCUT2D eigenvalue weighted by Gasteiger charge is -2.09. The quantitative estimate of drug-likeness (QED) is 0.682. The second kappa shape index (κ2) is 4.22. The normalized spacial score (nSPS) is 10.5. The number of hydrogen-bond acceptors (Lipinski definition) is 0. The van der Waals surface area contributed by atoms with Crippen LogP contribution in [-0.2, 0) is 0 Å². The van der Waals surface area contributed by atoms with Gasteiger partial charge < -0.3 is 0 Å². The summed E-state index contributed by atoms with van der Waals surface area (Å²) < 4.78 is 27.0. The summed E-state index contributed by atoms with van der Waals surface area (Å²) in [6, 6.07) is 8.96. The first kappa shape index (κ1) is 11.1. The Morgan fingerprint density at radius 2 is 1.56 bits per heavy atom. The second-order valence-electron chi connectivity index (χ2n) is 3.51. The van der Waals surface area contributed by atoms with E-state index in [2.05, 4.69) is 0 Å². The molecule has 0 saturated carbocycles. The van der Waals surface area contributed by atoms with Gasteiger partial charge in [-0.05, 0) is 36.2 Å². The number of halogens is 3. The molecule has 2 aromatic carbocycles. The zero-order valence-electron chi connectivity index (χ0n) is 8.60. The highest BCUT2D eigenvalue weighted by molar-refractivity contribution is 6.33. The summed E-state index contributed by atoms with van der Waals surface area (Å²) >= 11 is 5.93. The van der Waals surface area contributed by atoms with Gasteiger partial charge in [0.1, 0.15) is 11.6 Å². The van der Waals surface area contributed by atoms with Gasteiger partial charge in [-0.15, -0.1) is 0 Å². The van der Waals surface area contributed by atoms with Crippen molar-refractivity contribution in [1.29, 1.82) is 0 Å². The van der Waals surface area contributed by atoms with Gasteiger partial charge in [-0.1, -0.05) is 29.8 Å². The lowest BCUT2D eigenvalue weighted by Crippen LogP contribution is -1.91. The fourth-order valence-corrected chi connectivity index (χ4v) is 1.90. The minimum atomic E-state index is -0.443. The molecule has 0 saturated heterocycles. The van der Waals surface area contributed by atoms with Crippen LogP contribution in [0.4, 0.5) is 8.78 Å². The molecule has 0 nitrogen and oxygen atoms in total. The standard InChI is InChI=1S/C13H9ClF2/c1-8-9(4-2-6-11(8)15)13-10(14)5-3-7-12(13)16/h2-7H,1H3. The molecule has 0 atom stereocenters. The third-order valence-corrected chi connectivity index (χ3v) is 2.81. The summed E-state index contributed by atoms with van der Waals surface area (Å²) in [5.41, 5.74) is 1.14. The summed E-state index contributed by atoms with van der Waals surface area (Å²) in [4.78, 5) is 0. The largest absolute Gasteiger partial charge is 0.207 e. The van der Waals surface area contributed by atoms with Gasteiger partial charge >= 0.3 is 0 Å². The van der Waals surface area contributed by atoms with Crippen molar-refractivity contribution in [2.24, 2.45) is 0 Å². The summed E-state index contributed by atoms with van der Waals surface area (Å²) in [5, 5.41) is 0.286. The van der Waals surface area contributed by atoms with Crippen LogP contribution in [0.25, 0.3) is 11.1 Å². The lowest BCUT2D eigenvalue weighted by molar-refractivity contribution is 0.617. The van der Waals surface area contributed by atoms with Crippen molar-refractivity contribution >= 4 is 11.6 Å². The minimum absolute atomic E-state index is 0.251. The summed E-state index contributed by atoms with van der Waals surface area (Å²) in [6.45, 7) is 1.60.